The van der Waals surface area contributed by atoms with E-state index >= 15 is 0 Å². The molecule has 1 aliphatic rings. The van der Waals surface area contributed by atoms with Crippen molar-refractivity contribution in [3.63, 3.8) is 0 Å². The van der Waals surface area contributed by atoms with Crippen molar-refractivity contribution in [1.82, 2.24) is 9.21 Å². The Hall–Kier alpha value is -1.25. The Labute approximate surface area is 186 Å². The molecule has 0 aliphatic carbocycles. The Morgan fingerprint density at radius 2 is 1.66 bits per heavy atom. The zero-order valence-electron chi connectivity index (χ0n) is 16.0. The fraction of sp³-hybridized carbons (Fsp3) is 0.350. The van der Waals surface area contributed by atoms with Crippen molar-refractivity contribution >= 4 is 50.9 Å². The molecule has 0 radical (unpaired) electrons. The summed E-state index contributed by atoms with van der Waals surface area (Å²) in [5, 5.41) is 1.01. The van der Waals surface area contributed by atoms with E-state index in [2.05, 4.69) is 0 Å². The van der Waals surface area contributed by atoms with Gasteiger partial charge in [-0.05, 0) is 36.8 Å². The maximum atomic E-state index is 12.8. The number of carbonyl (C=O) groups excluding carboxylic acids is 1. The van der Waals surface area contributed by atoms with E-state index in [1.54, 1.807) is 41.3 Å². The first-order chi connectivity index (χ1) is 13.8. The number of nitrogens with zero attached hydrogens (tertiary/aromatic N) is 2. The topological polar surface area (TPSA) is 57.7 Å². The van der Waals surface area contributed by atoms with E-state index in [4.69, 9.17) is 23.2 Å². The summed E-state index contributed by atoms with van der Waals surface area (Å²) in [7, 11) is -3.52. The first-order valence-corrected chi connectivity index (χ1v) is 12.5. The Kier molecular flexibility index (Phi) is 7.51. The van der Waals surface area contributed by atoms with Gasteiger partial charge in [0.15, 0.2) is 0 Å². The molecule has 9 heteroatoms. The van der Waals surface area contributed by atoms with Crippen LogP contribution in [0.4, 0.5) is 0 Å². The van der Waals surface area contributed by atoms with E-state index in [1.807, 2.05) is 13.0 Å². The molecule has 0 unspecified atom stereocenters. The van der Waals surface area contributed by atoms with Gasteiger partial charge in [-0.25, -0.2) is 8.42 Å². The minimum absolute atomic E-state index is 0.0162. The molecule has 2 aromatic rings. The van der Waals surface area contributed by atoms with Crippen molar-refractivity contribution in [2.24, 2.45) is 0 Å². The molecule has 156 valence electrons. The number of carbonyl (C=O) groups is 1. The largest absolute Gasteiger partial charge is 0.339 e. The van der Waals surface area contributed by atoms with E-state index in [0.29, 0.717) is 52.6 Å². The Balaban J connectivity index is 1.49. The molecule has 0 spiro atoms. The second-order valence-electron chi connectivity index (χ2n) is 6.84. The van der Waals surface area contributed by atoms with Gasteiger partial charge in [0.25, 0.3) is 0 Å². The van der Waals surface area contributed by atoms with E-state index < -0.39 is 10.0 Å². The molecule has 3 rings (SSSR count). The SMILES string of the molecule is Cc1ccc(S(=O)(=O)N2CCN(C(=O)CSCc3ccc(Cl)c(Cl)c3)CC2)cc1. The van der Waals surface area contributed by atoms with Crippen molar-refractivity contribution in [2.75, 3.05) is 31.9 Å². The van der Waals surface area contributed by atoms with Crippen LogP contribution in [0.15, 0.2) is 47.4 Å². The molecule has 2 aromatic carbocycles. The predicted octanol–water partition coefficient (Wildman–Crippen LogP) is 4.07. The van der Waals surface area contributed by atoms with Gasteiger partial charge in [-0.3, -0.25) is 4.79 Å². The van der Waals surface area contributed by atoms with Crippen molar-refractivity contribution in [2.45, 2.75) is 17.6 Å². The molecule has 0 bridgehead atoms. The lowest BCUT2D eigenvalue weighted by atomic mass is 10.2. The number of hydrogen-bond donors (Lipinski definition) is 0. The molecule has 0 atom stereocenters. The lowest BCUT2D eigenvalue weighted by Crippen LogP contribution is -2.50. The van der Waals surface area contributed by atoms with Crippen LogP contribution in [-0.4, -0.2) is 55.5 Å². The first-order valence-electron chi connectivity index (χ1n) is 9.13. The third-order valence-electron chi connectivity index (χ3n) is 4.73. The zero-order valence-corrected chi connectivity index (χ0v) is 19.1. The summed E-state index contributed by atoms with van der Waals surface area (Å²) < 4.78 is 27.0. The highest BCUT2D eigenvalue weighted by Crippen LogP contribution is 2.25. The van der Waals surface area contributed by atoms with Gasteiger partial charge >= 0.3 is 0 Å². The molecule has 29 heavy (non-hydrogen) atoms. The number of piperazine rings is 1. The predicted molar refractivity (Wildman–Crippen MR) is 119 cm³/mol. The van der Waals surface area contributed by atoms with Gasteiger partial charge in [0, 0.05) is 31.9 Å². The molecular formula is C20H22Cl2N2O3S2. The summed E-state index contributed by atoms with van der Waals surface area (Å²) in [5.74, 6) is 1.01. The van der Waals surface area contributed by atoms with Crippen LogP contribution in [-0.2, 0) is 20.6 Å². The van der Waals surface area contributed by atoms with E-state index in [9.17, 15) is 13.2 Å². The molecule has 1 amide bonds. The fourth-order valence-corrected chi connectivity index (χ4v) is 5.63. The normalized spacial score (nSPS) is 15.5. The second kappa shape index (κ2) is 9.71. The number of amides is 1. The monoisotopic (exact) mass is 472 g/mol. The summed E-state index contributed by atoms with van der Waals surface area (Å²) in [6.07, 6.45) is 0. The first kappa shape index (κ1) is 22.4. The van der Waals surface area contributed by atoms with E-state index in [0.717, 1.165) is 11.1 Å². The molecule has 1 heterocycles. The molecule has 1 fully saturated rings. The average Bonchev–Trinajstić information content (AvgIpc) is 2.71. The van der Waals surface area contributed by atoms with Gasteiger partial charge in [-0.1, -0.05) is 47.0 Å². The Morgan fingerprint density at radius 3 is 2.28 bits per heavy atom. The number of rotatable bonds is 6. The minimum Gasteiger partial charge on any atom is -0.339 e. The van der Waals surface area contributed by atoms with Gasteiger partial charge in [0.1, 0.15) is 0 Å². The lowest BCUT2D eigenvalue weighted by Gasteiger charge is -2.34. The number of sulfonamides is 1. The molecule has 1 saturated heterocycles. The third kappa shape index (κ3) is 5.67. The highest BCUT2D eigenvalue weighted by molar-refractivity contribution is 7.99. The maximum absolute atomic E-state index is 12.8. The summed E-state index contributed by atoms with van der Waals surface area (Å²) in [6, 6.07) is 12.3. The third-order valence-corrected chi connectivity index (χ3v) is 8.37. The molecule has 0 saturated carbocycles. The number of benzene rings is 2. The lowest BCUT2D eigenvalue weighted by molar-refractivity contribution is -0.129. The second-order valence-corrected chi connectivity index (χ2v) is 10.6. The molecule has 5 nitrogen and oxygen atoms in total. The smallest absolute Gasteiger partial charge is 0.243 e. The average molecular weight is 473 g/mol. The molecular weight excluding hydrogens is 451 g/mol. The highest BCUT2D eigenvalue weighted by atomic mass is 35.5. The molecule has 0 aromatic heterocycles. The summed E-state index contributed by atoms with van der Waals surface area (Å²) >= 11 is 13.4. The fourth-order valence-electron chi connectivity index (χ4n) is 3.01. The van der Waals surface area contributed by atoms with Crippen LogP contribution in [0.1, 0.15) is 11.1 Å². The van der Waals surface area contributed by atoms with Crippen molar-refractivity contribution in [3.8, 4) is 0 Å². The van der Waals surface area contributed by atoms with Crippen LogP contribution in [0.25, 0.3) is 0 Å². The van der Waals surface area contributed by atoms with Crippen molar-refractivity contribution in [3.05, 3.63) is 63.6 Å². The summed E-state index contributed by atoms with van der Waals surface area (Å²) in [4.78, 5) is 14.5. The summed E-state index contributed by atoms with van der Waals surface area (Å²) in [5.41, 5.74) is 2.02. The Morgan fingerprint density at radius 1 is 1.00 bits per heavy atom. The van der Waals surface area contributed by atoms with Gasteiger partial charge in [0.2, 0.25) is 15.9 Å². The van der Waals surface area contributed by atoms with Gasteiger partial charge < -0.3 is 4.90 Å². The standard InChI is InChI=1S/C20H22Cl2N2O3S2/c1-15-2-5-17(6-3-15)29(26,27)24-10-8-23(9-11-24)20(25)14-28-13-16-4-7-18(21)19(22)12-16/h2-7,12H,8-11,13-14H2,1H3. The van der Waals surface area contributed by atoms with E-state index in [-0.39, 0.29) is 5.91 Å². The maximum Gasteiger partial charge on any atom is 0.243 e. The Bertz CT molecular complexity index is 974. The van der Waals surface area contributed by atoms with Gasteiger partial charge in [-0.2, -0.15) is 4.31 Å². The van der Waals surface area contributed by atoms with Crippen LogP contribution in [0.5, 0.6) is 0 Å². The summed E-state index contributed by atoms with van der Waals surface area (Å²) in [6.45, 7) is 3.33. The van der Waals surface area contributed by atoms with Crippen LogP contribution >= 0.6 is 35.0 Å². The van der Waals surface area contributed by atoms with Crippen LogP contribution < -0.4 is 0 Å². The molecule has 0 N–H and O–H groups in total. The van der Waals surface area contributed by atoms with Crippen LogP contribution in [0, 0.1) is 6.92 Å². The number of halogens is 2. The zero-order chi connectivity index (χ0) is 21.0. The highest BCUT2D eigenvalue weighted by Gasteiger charge is 2.29. The van der Waals surface area contributed by atoms with Gasteiger partial charge in [0.05, 0.1) is 20.7 Å². The minimum atomic E-state index is -3.52. The quantitative estimate of drug-likeness (QED) is 0.635. The van der Waals surface area contributed by atoms with Crippen LogP contribution in [0.2, 0.25) is 10.0 Å². The number of aryl methyl sites for hydroxylation is 1. The number of thioether (sulfide) groups is 1. The van der Waals surface area contributed by atoms with Crippen molar-refractivity contribution in [1.29, 1.82) is 0 Å². The molecule has 1 aliphatic heterocycles. The van der Waals surface area contributed by atoms with E-state index in [1.165, 1.54) is 16.1 Å². The number of hydrogen-bond acceptors (Lipinski definition) is 4. The van der Waals surface area contributed by atoms with Crippen molar-refractivity contribution < 1.29 is 13.2 Å². The van der Waals surface area contributed by atoms with Crippen LogP contribution in [0.3, 0.4) is 0 Å². The van der Waals surface area contributed by atoms with Gasteiger partial charge in [-0.15, -0.1) is 11.8 Å².